The number of hydrogen-bond donors (Lipinski definition) is 2. The zero-order valence-corrected chi connectivity index (χ0v) is 15.1. The van der Waals surface area contributed by atoms with E-state index in [0.717, 1.165) is 37.7 Å². The van der Waals surface area contributed by atoms with E-state index in [0.29, 0.717) is 31.0 Å². The van der Waals surface area contributed by atoms with Crippen LogP contribution in [0.15, 0.2) is 23.0 Å². The molecule has 4 rings (SSSR count). The van der Waals surface area contributed by atoms with Gasteiger partial charge in [-0.1, -0.05) is 19.4 Å². The lowest BCUT2D eigenvalue weighted by Gasteiger charge is -2.59. The average molecular weight is 344 g/mol. The van der Waals surface area contributed by atoms with Crippen molar-refractivity contribution in [1.29, 1.82) is 0 Å². The molecule has 0 spiro atoms. The maximum absolute atomic E-state index is 11.9. The molecule has 4 aliphatic carbocycles. The Morgan fingerprint density at radius 3 is 2.68 bits per heavy atom. The highest BCUT2D eigenvalue weighted by Crippen LogP contribution is 2.66. The van der Waals surface area contributed by atoms with Crippen molar-refractivity contribution >= 4 is 12.1 Å². The first kappa shape index (κ1) is 17.0. The summed E-state index contributed by atoms with van der Waals surface area (Å²) in [5.41, 5.74) is 1.71. The fraction of sp³-hybridized carbons (Fsp3) is 0.714. The Labute approximate surface area is 149 Å². The maximum Gasteiger partial charge on any atom is 0.184 e. The van der Waals surface area contributed by atoms with Gasteiger partial charge in [0, 0.05) is 6.42 Å². The summed E-state index contributed by atoms with van der Waals surface area (Å²) in [4.78, 5) is 23.0. The number of hydrogen-bond acceptors (Lipinski definition) is 4. The Balaban J connectivity index is 1.75. The van der Waals surface area contributed by atoms with Crippen molar-refractivity contribution in [3.63, 3.8) is 0 Å². The molecule has 0 aromatic heterocycles. The molecule has 4 aliphatic rings. The fourth-order valence-corrected chi connectivity index (χ4v) is 6.99. The Bertz CT molecular complexity index is 690. The van der Waals surface area contributed by atoms with Gasteiger partial charge in [-0.3, -0.25) is 9.59 Å². The zero-order chi connectivity index (χ0) is 18.0. The highest BCUT2D eigenvalue weighted by atomic mass is 16.3. The molecule has 25 heavy (non-hydrogen) atoms. The molecule has 3 fully saturated rings. The summed E-state index contributed by atoms with van der Waals surface area (Å²) in [7, 11) is 0. The van der Waals surface area contributed by atoms with Crippen LogP contribution in [-0.2, 0) is 9.59 Å². The van der Waals surface area contributed by atoms with Crippen LogP contribution in [0.25, 0.3) is 0 Å². The normalized spacial score (nSPS) is 48.1. The van der Waals surface area contributed by atoms with Crippen LogP contribution in [0.2, 0.25) is 0 Å². The molecule has 0 aromatic carbocycles. The first-order valence-electron chi connectivity index (χ1n) is 9.61. The topological polar surface area (TPSA) is 74.6 Å². The van der Waals surface area contributed by atoms with E-state index in [4.69, 9.17) is 0 Å². The monoisotopic (exact) mass is 344 g/mol. The number of rotatable bonds is 1. The van der Waals surface area contributed by atoms with E-state index in [1.165, 1.54) is 5.57 Å². The van der Waals surface area contributed by atoms with Gasteiger partial charge in [0.15, 0.2) is 17.8 Å². The second-order valence-corrected chi connectivity index (χ2v) is 9.10. The van der Waals surface area contributed by atoms with Gasteiger partial charge in [-0.05, 0) is 78.8 Å². The quantitative estimate of drug-likeness (QED) is 0.434. The van der Waals surface area contributed by atoms with E-state index in [1.54, 1.807) is 0 Å². The molecule has 3 saturated carbocycles. The number of carbonyl (C=O) groups excluding carboxylic acids is 2. The van der Waals surface area contributed by atoms with Crippen LogP contribution in [0.4, 0.5) is 0 Å². The van der Waals surface area contributed by atoms with Crippen LogP contribution < -0.4 is 0 Å². The lowest BCUT2D eigenvalue weighted by Crippen LogP contribution is -2.55. The highest BCUT2D eigenvalue weighted by Gasteiger charge is 2.61. The smallest absolute Gasteiger partial charge is 0.184 e. The van der Waals surface area contributed by atoms with Crippen LogP contribution in [0.5, 0.6) is 0 Å². The van der Waals surface area contributed by atoms with Crippen molar-refractivity contribution in [2.45, 2.75) is 64.9 Å². The van der Waals surface area contributed by atoms with Crippen molar-refractivity contribution in [3.05, 3.63) is 23.0 Å². The molecule has 0 bridgehead atoms. The minimum absolute atomic E-state index is 0.0866. The van der Waals surface area contributed by atoms with Crippen LogP contribution in [0, 0.1) is 28.6 Å². The van der Waals surface area contributed by atoms with Crippen LogP contribution in [-0.4, -0.2) is 28.4 Å². The van der Waals surface area contributed by atoms with E-state index in [9.17, 15) is 19.8 Å². The van der Waals surface area contributed by atoms with E-state index < -0.39 is 6.10 Å². The number of carbonyl (C=O) groups is 2. The summed E-state index contributed by atoms with van der Waals surface area (Å²) < 4.78 is 0. The van der Waals surface area contributed by atoms with Gasteiger partial charge in [0.05, 0.1) is 6.10 Å². The fourth-order valence-electron chi connectivity index (χ4n) is 6.99. The number of fused-ring (bicyclic) bond motifs is 5. The predicted octanol–water partition coefficient (Wildman–Crippen LogP) is 3.50. The standard InChI is InChI=1S/C21H28O4/c1-20-8-7-13(23)9-12(20)3-4-14-15-5-6-16(18(25)11-22)21(15,2)10-17(24)19(14)20/h9,11,14-15,17,19,24-25H,3-8,10H2,1-2H3. The molecule has 0 aromatic rings. The maximum atomic E-state index is 11.9. The molecule has 6 atom stereocenters. The SMILES string of the molecule is CC12CC(O)C3C(CCC4=CC(=O)CCC43C)C1CCC2=C(O)C=O. The molecule has 0 radical (unpaired) electrons. The first-order chi connectivity index (χ1) is 11.8. The van der Waals surface area contributed by atoms with E-state index >= 15 is 0 Å². The van der Waals surface area contributed by atoms with E-state index in [2.05, 4.69) is 13.8 Å². The molecule has 0 aliphatic heterocycles. The molecule has 0 saturated heterocycles. The van der Waals surface area contributed by atoms with Crippen LogP contribution in [0.3, 0.4) is 0 Å². The highest BCUT2D eigenvalue weighted by molar-refractivity contribution is 5.91. The molecule has 136 valence electrons. The average Bonchev–Trinajstić information content (AvgIpc) is 2.91. The van der Waals surface area contributed by atoms with Crippen molar-refractivity contribution in [1.82, 2.24) is 0 Å². The van der Waals surface area contributed by atoms with Crippen molar-refractivity contribution in [3.8, 4) is 0 Å². The van der Waals surface area contributed by atoms with E-state index in [-0.39, 0.29) is 28.3 Å². The van der Waals surface area contributed by atoms with E-state index in [1.807, 2.05) is 6.08 Å². The van der Waals surface area contributed by atoms with Gasteiger partial charge < -0.3 is 10.2 Å². The Kier molecular flexibility index (Phi) is 3.77. The molecule has 4 nitrogen and oxygen atoms in total. The minimum Gasteiger partial charge on any atom is -0.505 e. The predicted molar refractivity (Wildman–Crippen MR) is 93.8 cm³/mol. The first-order valence-corrected chi connectivity index (χ1v) is 9.61. The zero-order valence-electron chi connectivity index (χ0n) is 15.1. The summed E-state index contributed by atoms with van der Waals surface area (Å²) in [6.07, 6.45) is 7.61. The molecule has 4 heteroatoms. The van der Waals surface area contributed by atoms with Crippen molar-refractivity contribution in [2.75, 3.05) is 0 Å². The largest absolute Gasteiger partial charge is 0.505 e. The van der Waals surface area contributed by atoms with Gasteiger partial charge in [-0.25, -0.2) is 0 Å². The number of aldehydes is 1. The van der Waals surface area contributed by atoms with Crippen LogP contribution in [0.1, 0.15) is 58.8 Å². The third kappa shape index (κ3) is 2.22. The van der Waals surface area contributed by atoms with Gasteiger partial charge in [0.2, 0.25) is 0 Å². The number of ketones is 1. The summed E-state index contributed by atoms with van der Waals surface area (Å²) in [6, 6.07) is 0. The minimum atomic E-state index is -0.458. The number of allylic oxidation sites excluding steroid dienone is 3. The summed E-state index contributed by atoms with van der Waals surface area (Å²) in [6.45, 7) is 4.36. The lowest BCUT2D eigenvalue weighted by atomic mass is 9.46. The molecule has 0 heterocycles. The van der Waals surface area contributed by atoms with Gasteiger partial charge in [-0.2, -0.15) is 0 Å². The van der Waals surface area contributed by atoms with Crippen LogP contribution >= 0.6 is 0 Å². The molecule has 0 amide bonds. The lowest BCUT2D eigenvalue weighted by molar-refractivity contribution is -0.124. The number of aliphatic hydroxyl groups excluding tert-OH is 2. The Morgan fingerprint density at radius 2 is 1.96 bits per heavy atom. The number of aliphatic hydroxyl groups is 2. The molecule has 2 N–H and O–H groups in total. The summed E-state index contributed by atoms with van der Waals surface area (Å²) >= 11 is 0. The van der Waals surface area contributed by atoms with Gasteiger partial charge in [0.1, 0.15) is 0 Å². The second kappa shape index (κ2) is 5.54. The molecular weight excluding hydrogens is 316 g/mol. The Hall–Kier alpha value is -1.42. The third-order valence-corrected chi connectivity index (χ3v) is 8.10. The Morgan fingerprint density at radius 1 is 1.20 bits per heavy atom. The second-order valence-electron chi connectivity index (χ2n) is 9.10. The van der Waals surface area contributed by atoms with Gasteiger partial charge >= 0.3 is 0 Å². The summed E-state index contributed by atoms with van der Waals surface area (Å²) in [5, 5.41) is 21.2. The van der Waals surface area contributed by atoms with Crippen molar-refractivity contribution in [2.24, 2.45) is 28.6 Å². The van der Waals surface area contributed by atoms with Gasteiger partial charge in [-0.15, -0.1) is 0 Å². The third-order valence-electron chi connectivity index (χ3n) is 8.10. The van der Waals surface area contributed by atoms with Crippen molar-refractivity contribution < 1.29 is 19.8 Å². The molecule has 6 unspecified atom stereocenters. The van der Waals surface area contributed by atoms with Gasteiger partial charge in [0.25, 0.3) is 0 Å². The summed E-state index contributed by atoms with van der Waals surface area (Å²) in [5.74, 6) is 1.07. The molecular formula is C21H28O4.